The Morgan fingerprint density at radius 1 is 1.44 bits per heavy atom. The summed E-state index contributed by atoms with van der Waals surface area (Å²) in [5, 5.41) is 5.64. The van der Waals surface area contributed by atoms with Gasteiger partial charge in [-0.2, -0.15) is 0 Å². The lowest BCUT2D eigenvalue weighted by atomic mass is 9.98. The standard InChI is InChI=1S/C12H15FN4O/c1-7(2)15-11-16-10(18)12(3,17-11)9-5-4-8(13)6-14-9/h4-7H,1-3H3,(H2,15,16,17,18). The van der Waals surface area contributed by atoms with Crippen LogP contribution in [0.1, 0.15) is 26.5 Å². The van der Waals surface area contributed by atoms with Gasteiger partial charge in [0.2, 0.25) is 0 Å². The van der Waals surface area contributed by atoms with E-state index in [9.17, 15) is 9.18 Å². The molecule has 6 heteroatoms. The van der Waals surface area contributed by atoms with E-state index in [1.54, 1.807) is 6.92 Å². The predicted molar refractivity (Wildman–Crippen MR) is 65.4 cm³/mol. The fourth-order valence-corrected chi connectivity index (χ4v) is 1.73. The molecule has 0 radical (unpaired) electrons. The Kier molecular flexibility index (Phi) is 3.02. The second-order valence-electron chi connectivity index (χ2n) is 4.64. The molecule has 1 aliphatic heterocycles. The quantitative estimate of drug-likeness (QED) is 0.820. The van der Waals surface area contributed by atoms with Gasteiger partial charge < -0.3 is 5.32 Å². The molecule has 18 heavy (non-hydrogen) atoms. The van der Waals surface area contributed by atoms with Crippen molar-refractivity contribution in [2.45, 2.75) is 32.4 Å². The zero-order chi connectivity index (χ0) is 13.3. The molecule has 1 aromatic heterocycles. The van der Waals surface area contributed by atoms with Gasteiger partial charge in [0, 0.05) is 6.04 Å². The second-order valence-corrected chi connectivity index (χ2v) is 4.64. The fraction of sp³-hybridized carbons (Fsp3) is 0.417. The Morgan fingerprint density at radius 2 is 2.17 bits per heavy atom. The van der Waals surface area contributed by atoms with Crippen LogP contribution in [0, 0.1) is 5.82 Å². The molecule has 0 bridgehead atoms. The van der Waals surface area contributed by atoms with Crippen LogP contribution in [-0.2, 0) is 10.3 Å². The zero-order valence-electron chi connectivity index (χ0n) is 10.5. The number of aromatic nitrogens is 1. The third-order valence-corrected chi connectivity index (χ3v) is 2.68. The van der Waals surface area contributed by atoms with Gasteiger partial charge in [-0.15, -0.1) is 0 Å². The predicted octanol–water partition coefficient (Wildman–Crippen LogP) is 0.920. The van der Waals surface area contributed by atoms with E-state index >= 15 is 0 Å². The summed E-state index contributed by atoms with van der Waals surface area (Å²) in [7, 11) is 0. The maximum absolute atomic E-state index is 12.8. The number of pyridine rings is 1. The van der Waals surface area contributed by atoms with E-state index in [0.717, 1.165) is 6.20 Å². The van der Waals surface area contributed by atoms with Gasteiger partial charge in [-0.05, 0) is 32.9 Å². The van der Waals surface area contributed by atoms with Gasteiger partial charge in [0.25, 0.3) is 5.91 Å². The van der Waals surface area contributed by atoms with Gasteiger partial charge in [-0.25, -0.2) is 4.39 Å². The summed E-state index contributed by atoms with van der Waals surface area (Å²) in [5.74, 6) is -0.263. The van der Waals surface area contributed by atoms with E-state index in [0.29, 0.717) is 11.7 Å². The van der Waals surface area contributed by atoms with Gasteiger partial charge in [-0.3, -0.25) is 20.1 Å². The SMILES string of the molecule is CC(C)N=C1NC(=O)C(C)(c2ccc(F)cn2)N1. The van der Waals surface area contributed by atoms with Crippen molar-refractivity contribution in [1.29, 1.82) is 0 Å². The summed E-state index contributed by atoms with van der Waals surface area (Å²) in [6, 6.07) is 2.83. The summed E-state index contributed by atoms with van der Waals surface area (Å²) in [6.07, 6.45) is 1.09. The lowest BCUT2D eigenvalue weighted by molar-refractivity contribution is -0.123. The first kappa shape index (κ1) is 12.5. The van der Waals surface area contributed by atoms with Crippen LogP contribution in [0.4, 0.5) is 4.39 Å². The van der Waals surface area contributed by atoms with Gasteiger partial charge in [-0.1, -0.05) is 0 Å². The van der Waals surface area contributed by atoms with Gasteiger partial charge >= 0.3 is 0 Å². The van der Waals surface area contributed by atoms with Crippen LogP contribution in [0.2, 0.25) is 0 Å². The first-order valence-electron chi connectivity index (χ1n) is 5.71. The molecule has 0 aromatic carbocycles. The van der Waals surface area contributed by atoms with E-state index in [4.69, 9.17) is 0 Å². The monoisotopic (exact) mass is 250 g/mol. The highest BCUT2D eigenvalue weighted by atomic mass is 19.1. The van der Waals surface area contributed by atoms with Crippen molar-refractivity contribution < 1.29 is 9.18 Å². The summed E-state index contributed by atoms with van der Waals surface area (Å²) >= 11 is 0. The summed E-state index contributed by atoms with van der Waals surface area (Å²) in [6.45, 7) is 5.50. The molecule has 5 nitrogen and oxygen atoms in total. The van der Waals surface area contributed by atoms with Crippen LogP contribution >= 0.6 is 0 Å². The molecule has 1 fully saturated rings. The topological polar surface area (TPSA) is 66.4 Å². The molecule has 2 N–H and O–H groups in total. The highest BCUT2D eigenvalue weighted by Gasteiger charge is 2.43. The van der Waals surface area contributed by atoms with Crippen molar-refractivity contribution in [3.05, 3.63) is 29.8 Å². The number of nitrogens with zero attached hydrogens (tertiary/aromatic N) is 2. The zero-order valence-corrected chi connectivity index (χ0v) is 10.5. The largest absolute Gasteiger partial charge is 0.337 e. The minimum absolute atomic E-state index is 0.0660. The Labute approximate surface area is 105 Å². The number of amides is 1. The molecule has 0 aliphatic carbocycles. The van der Waals surface area contributed by atoms with Crippen LogP contribution in [0.3, 0.4) is 0 Å². The normalized spacial score (nSPS) is 25.4. The maximum Gasteiger partial charge on any atom is 0.258 e. The number of carbonyl (C=O) groups is 1. The van der Waals surface area contributed by atoms with E-state index in [1.165, 1.54) is 12.1 Å². The van der Waals surface area contributed by atoms with Gasteiger partial charge in [0.15, 0.2) is 11.5 Å². The number of halogens is 1. The Morgan fingerprint density at radius 3 is 2.72 bits per heavy atom. The second kappa shape index (κ2) is 4.36. The van der Waals surface area contributed by atoms with Crippen molar-refractivity contribution in [1.82, 2.24) is 15.6 Å². The number of hydrogen-bond donors (Lipinski definition) is 2. The smallest absolute Gasteiger partial charge is 0.258 e. The van der Waals surface area contributed by atoms with Crippen LogP contribution in [0.25, 0.3) is 0 Å². The lowest BCUT2D eigenvalue weighted by Gasteiger charge is -2.20. The first-order valence-corrected chi connectivity index (χ1v) is 5.71. The number of hydrogen-bond acceptors (Lipinski definition) is 3. The maximum atomic E-state index is 12.8. The van der Waals surface area contributed by atoms with E-state index in [2.05, 4.69) is 20.6 Å². The number of aliphatic imine (C=N–C) groups is 1. The van der Waals surface area contributed by atoms with Gasteiger partial charge in [0.05, 0.1) is 11.9 Å². The summed E-state index contributed by atoms with van der Waals surface area (Å²) < 4.78 is 12.8. The highest BCUT2D eigenvalue weighted by molar-refractivity contribution is 6.08. The minimum Gasteiger partial charge on any atom is -0.337 e. The number of nitrogens with one attached hydrogen (secondary N) is 2. The number of carbonyl (C=O) groups excluding carboxylic acids is 1. The van der Waals surface area contributed by atoms with Crippen molar-refractivity contribution in [3.63, 3.8) is 0 Å². The molecule has 0 saturated carbocycles. The van der Waals surface area contributed by atoms with Crippen molar-refractivity contribution in [2.75, 3.05) is 0 Å². The summed E-state index contributed by atoms with van der Waals surface area (Å²) in [5.41, 5.74) is -0.558. The molecule has 1 amide bonds. The number of rotatable bonds is 2. The van der Waals surface area contributed by atoms with E-state index in [-0.39, 0.29) is 11.9 Å². The Balaban J connectivity index is 2.32. The molecule has 0 spiro atoms. The Bertz CT molecular complexity index is 497. The molecular weight excluding hydrogens is 235 g/mol. The molecule has 2 heterocycles. The van der Waals surface area contributed by atoms with Crippen LogP contribution < -0.4 is 10.6 Å². The minimum atomic E-state index is -1.01. The molecule has 1 saturated heterocycles. The average molecular weight is 250 g/mol. The van der Waals surface area contributed by atoms with Crippen molar-refractivity contribution in [3.8, 4) is 0 Å². The molecule has 1 aromatic rings. The molecular formula is C12H15FN4O. The average Bonchev–Trinajstić information content (AvgIpc) is 2.55. The summed E-state index contributed by atoms with van der Waals surface area (Å²) in [4.78, 5) is 20.2. The molecule has 96 valence electrons. The Hall–Kier alpha value is -1.98. The molecule has 1 unspecified atom stereocenters. The lowest BCUT2D eigenvalue weighted by Crippen LogP contribution is -2.41. The van der Waals surface area contributed by atoms with Crippen molar-refractivity contribution >= 4 is 11.9 Å². The third-order valence-electron chi connectivity index (χ3n) is 2.68. The molecule has 1 atom stereocenters. The molecule has 2 rings (SSSR count). The van der Waals surface area contributed by atoms with E-state index < -0.39 is 11.4 Å². The molecule has 1 aliphatic rings. The van der Waals surface area contributed by atoms with Crippen LogP contribution in [0.15, 0.2) is 23.3 Å². The van der Waals surface area contributed by atoms with Gasteiger partial charge in [0.1, 0.15) is 5.82 Å². The highest BCUT2D eigenvalue weighted by Crippen LogP contribution is 2.22. The van der Waals surface area contributed by atoms with Crippen molar-refractivity contribution in [2.24, 2.45) is 4.99 Å². The first-order chi connectivity index (χ1) is 8.41. The number of guanidine groups is 1. The van der Waals surface area contributed by atoms with Crippen LogP contribution in [0.5, 0.6) is 0 Å². The van der Waals surface area contributed by atoms with E-state index in [1.807, 2.05) is 13.8 Å². The third kappa shape index (κ3) is 2.18. The fourth-order valence-electron chi connectivity index (χ4n) is 1.73. The van der Waals surface area contributed by atoms with Crippen LogP contribution in [-0.4, -0.2) is 22.9 Å².